The molecule has 1 saturated heterocycles. The summed E-state index contributed by atoms with van der Waals surface area (Å²) in [4.78, 5) is 5.20. The van der Waals surface area contributed by atoms with Crippen molar-refractivity contribution in [1.82, 2.24) is 9.80 Å². The van der Waals surface area contributed by atoms with Crippen LogP contribution in [0, 0.1) is 0 Å². The molecule has 1 aromatic rings. The molecule has 1 saturated carbocycles. The minimum Gasteiger partial charge on any atom is -0.399 e. The van der Waals surface area contributed by atoms with E-state index in [0.29, 0.717) is 0 Å². The van der Waals surface area contributed by atoms with Gasteiger partial charge in [0.1, 0.15) is 0 Å². The lowest BCUT2D eigenvalue weighted by atomic mass is 10.1. The van der Waals surface area contributed by atoms with Gasteiger partial charge in [0.05, 0.1) is 0 Å². The average Bonchev–Trinajstić information content (AvgIpc) is 2.92. The molecule has 0 atom stereocenters. The number of rotatable bonds is 3. The Morgan fingerprint density at radius 3 is 2.40 bits per heavy atom. The van der Waals surface area contributed by atoms with Gasteiger partial charge >= 0.3 is 0 Å². The van der Waals surface area contributed by atoms with E-state index in [1.807, 2.05) is 18.2 Å². The molecule has 110 valence electrons. The van der Waals surface area contributed by atoms with Gasteiger partial charge in [-0.3, -0.25) is 9.80 Å². The third kappa shape index (κ3) is 3.46. The number of piperazine rings is 1. The number of nitrogens with zero attached hydrogens (tertiary/aromatic N) is 2. The number of hydrogen-bond donors (Lipinski definition) is 1. The van der Waals surface area contributed by atoms with Crippen LogP contribution >= 0.6 is 11.6 Å². The molecule has 4 heteroatoms. The fraction of sp³-hybridized carbons (Fsp3) is 0.625. The van der Waals surface area contributed by atoms with E-state index in [9.17, 15) is 0 Å². The lowest BCUT2D eigenvalue weighted by molar-refractivity contribution is 0.0937. The van der Waals surface area contributed by atoms with E-state index in [2.05, 4.69) is 9.80 Å². The standard InChI is InChI=1S/C16H24ClN3/c17-14-9-13(10-15(18)11-14)12-19-5-7-20(8-6-19)16-3-1-2-4-16/h9-11,16H,1-8,12,18H2. The first-order chi connectivity index (χ1) is 9.70. The summed E-state index contributed by atoms with van der Waals surface area (Å²) >= 11 is 6.07. The van der Waals surface area contributed by atoms with Crippen LogP contribution in [0.3, 0.4) is 0 Å². The van der Waals surface area contributed by atoms with Crippen molar-refractivity contribution in [1.29, 1.82) is 0 Å². The van der Waals surface area contributed by atoms with Crippen LogP contribution in [0.1, 0.15) is 31.2 Å². The summed E-state index contributed by atoms with van der Waals surface area (Å²) in [6, 6.07) is 6.73. The number of nitrogens with two attached hydrogens (primary N) is 1. The highest BCUT2D eigenvalue weighted by molar-refractivity contribution is 6.30. The summed E-state index contributed by atoms with van der Waals surface area (Å²) in [5.74, 6) is 0. The zero-order valence-corrected chi connectivity index (χ0v) is 12.8. The molecule has 0 aromatic heterocycles. The molecule has 2 fully saturated rings. The van der Waals surface area contributed by atoms with E-state index in [1.165, 1.54) is 44.3 Å². The van der Waals surface area contributed by atoms with Crippen molar-refractivity contribution in [3.05, 3.63) is 28.8 Å². The van der Waals surface area contributed by atoms with Gasteiger partial charge in [-0.25, -0.2) is 0 Å². The van der Waals surface area contributed by atoms with Gasteiger partial charge in [-0.1, -0.05) is 24.4 Å². The van der Waals surface area contributed by atoms with Crippen molar-refractivity contribution in [2.24, 2.45) is 0 Å². The summed E-state index contributed by atoms with van der Waals surface area (Å²) in [6.45, 7) is 5.69. The van der Waals surface area contributed by atoms with E-state index < -0.39 is 0 Å². The highest BCUT2D eigenvalue weighted by atomic mass is 35.5. The SMILES string of the molecule is Nc1cc(Cl)cc(CN2CCN(C3CCCC3)CC2)c1. The topological polar surface area (TPSA) is 32.5 Å². The van der Waals surface area contributed by atoms with Crippen LogP contribution in [0.2, 0.25) is 5.02 Å². The molecule has 0 spiro atoms. The molecule has 1 aliphatic carbocycles. The Bertz CT molecular complexity index is 429. The average molecular weight is 294 g/mol. The molecule has 2 N–H and O–H groups in total. The molecule has 3 rings (SSSR count). The molecule has 0 radical (unpaired) electrons. The molecule has 20 heavy (non-hydrogen) atoms. The van der Waals surface area contributed by atoms with Crippen molar-refractivity contribution < 1.29 is 0 Å². The monoisotopic (exact) mass is 293 g/mol. The van der Waals surface area contributed by atoms with Crippen LogP contribution in [0.15, 0.2) is 18.2 Å². The normalized spacial score (nSPS) is 22.4. The van der Waals surface area contributed by atoms with Gasteiger partial charge in [0.15, 0.2) is 0 Å². The predicted octanol–water partition coefficient (Wildman–Crippen LogP) is 2.98. The summed E-state index contributed by atoms with van der Waals surface area (Å²) < 4.78 is 0. The van der Waals surface area contributed by atoms with Crippen molar-refractivity contribution in [3.8, 4) is 0 Å². The second-order valence-electron chi connectivity index (χ2n) is 6.14. The predicted molar refractivity (Wildman–Crippen MR) is 85.0 cm³/mol. The molecule has 3 nitrogen and oxygen atoms in total. The second kappa shape index (κ2) is 6.33. The van der Waals surface area contributed by atoms with E-state index in [1.54, 1.807) is 0 Å². The second-order valence-corrected chi connectivity index (χ2v) is 6.58. The van der Waals surface area contributed by atoms with E-state index in [0.717, 1.165) is 36.4 Å². The molecular weight excluding hydrogens is 270 g/mol. The Balaban J connectivity index is 1.53. The number of benzene rings is 1. The van der Waals surface area contributed by atoms with Gasteiger partial charge in [-0.05, 0) is 36.6 Å². The molecule has 1 aliphatic heterocycles. The third-order valence-corrected chi connectivity index (χ3v) is 4.85. The van der Waals surface area contributed by atoms with Gasteiger partial charge in [0, 0.05) is 49.5 Å². The molecule has 0 unspecified atom stereocenters. The largest absolute Gasteiger partial charge is 0.399 e. The Morgan fingerprint density at radius 1 is 1.05 bits per heavy atom. The maximum absolute atomic E-state index is 6.07. The molecule has 1 aromatic carbocycles. The van der Waals surface area contributed by atoms with Gasteiger partial charge in [0.2, 0.25) is 0 Å². The van der Waals surface area contributed by atoms with Crippen LogP contribution in [-0.2, 0) is 6.54 Å². The number of nitrogen functional groups attached to an aromatic ring is 1. The van der Waals surface area contributed by atoms with E-state index >= 15 is 0 Å². The molecule has 1 heterocycles. The van der Waals surface area contributed by atoms with E-state index in [4.69, 9.17) is 17.3 Å². The smallest absolute Gasteiger partial charge is 0.0429 e. The maximum Gasteiger partial charge on any atom is 0.0429 e. The van der Waals surface area contributed by atoms with Crippen LogP contribution in [0.25, 0.3) is 0 Å². The molecule has 2 aliphatic rings. The Labute approximate surface area is 126 Å². The summed E-state index contributed by atoms with van der Waals surface area (Å²) in [6.07, 6.45) is 5.66. The lowest BCUT2D eigenvalue weighted by Crippen LogP contribution is -2.49. The minimum absolute atomic E-state index is 0.740. The summed E-state index contributed by atoms with van der Waals surface area (Å²) in [5.41, 5.74) is 7.85. The maximum atomic E-state index is 6.07. The van der Waals surface area contributed by atoms with Crippen LogP contribution in [0.4, 0.5) is 5.69 Å². The zero-order valence-electron chi connectivity index (χ0n) is 12.0. The van der Waals surface area contributed by atoms with Gasteiger partial charge < -0.3 is 5.73 Å². The molecular formula is C16H24ClN3. The zero-order chi connectivity index (χ0) is 13.9. The van der Waals surface area contributed by atoms with Crippen LogP contribution in [0.5, 0.6) is 0 Å². The van der Waals surface area contributed by atoms with Gasteiger partial charge in [0.25, 0.3) is 0 Å². The van der Waals surface area contributed by atoms with Crippen molar-refractivity contribution in [2.45, 2.75) is 38.3 Å². The highest BCUT2D eigenvalue weighted by Crippen LogP contribution is 2.25. The fourth-order valence-electron chi connectivity index (χ4n) is 3.58. The summed E-state index contributed by atoms with van der Waals surface area (Å²) in [7, 11) is 0. The van der Waals surface area contributed by atoms with Gasteiger partial charge in [-0.2, -0.15) is 0 Å². The Kier molecular flexibility index (Phi) is 4.49. The highest BCUT2D eigenvalue weighted by Gasteiger charge is 2.25. The van der Waals surface area contributed by atoms with Crippen LogP contribution in [-0.4, -0.2) is 42.0 Å². The molecule has 0 amide bonds. The first kappa shape index (κ1) is 14.2. The Morgan fingerprint density at radius 2 is 1.75 bits per heavy atom. The molecule has 0 bridgehead atoms. The first-order valence-corrected chi connectivity index (χ1v) is 8.10. The van der Waals surface area contributed by atoms with Crippen molar-refractivity contribution in [3.63, 3.8) is 0 Å². The van der Waals surface area contributed by atoms with Crippen molar-refractivity contribution >= 4 is 17.3 Å². The number of anilines is 1. The summed E-state index contributed by atoms with van der Waals surface area (Å²) in [5, 5.41) is 0.740. The number of halogens is 1. The minimum atomic E-state index is 0.740. The fourth-order valence-corrected chi connectivity index (χ4v) is 3.85. The third-order valence-electron chi connectivity index (χ3n) is 4.63. The van der Waals surface area contributed by atoms with Crippen LogP contribution < -0.4 is 5.73 Å². The Hall–Kier alpha value is -0.770. The quantitative estimate of drug-likeness (QED) is 0.870. The van der Waals surface area contributed by atoms with Gasteiger partial charge in [-0.15, -0.1) is 0 Å². The first-order valence-electron chi connectivity index (χ1n) is 7.72. The number of hydrogen-bond acceptors (Lipinski definition) is 3. The van der Waals surface area contributed by atoms with Crippen molar-refractivity contribution in [2.75, 3.05) is 31.9 Å². The van der Waals surface area contributed by atoms with E-state index in [-0.39, 0.29) is 0 Å². The lowest BCUT2D eigenvalue weighted by Gasteiger charge is -2.38.